The van der Waals surface area contributed by atoms with E-state index in [4.69, 9.17) is 25.6 Å². The van der Waals surface area contributed by atoms with Gasteiger partial charge in [0.2, 0.25) is 6.29 Å². The fourth-order valence-corrected chi connectivity index (χ4v) is 1.77. The second-order valence-corrected chi connectivity index (χ2v) is 4.75. The summed E-state index contributed by atoms with van der Waals surface area (Å²) in [5.74, 6) is -2.35. The SMILES string of the molecule is O=C(CN(O)O)OCC1OC(OC(=O)CN(O)O)C(O)C(O)C1O. The molecule has 14 heteroatoms. The van der Waals surface area contributed by atoms with Gasteiger partial charge in [-0.15, -0.1) is 0 Å². The van der Waals surface area contributed by atoms with Crippen molar-refractivity contribution in [3.05, 3.63) is 0 Å². The van der Waals surface area contributed by atoms with Crippen molar-refractivity contribution in [2.45, 2.75) is 30.7 Å². The molecule has 0 spiro atoms. The summed E-state index contributed by atoms with van der Waals surface area (Å²) in [5, 5.41) is 62.0. The van der Waals surface area contributed by atoms with E-state index >= 15 is 0 Å². The highest BCUT2D eigenvalue weighted by atomic mass is 16.8. The van der Waals surface area contributed by atoms with Crippen molar-refractivity contribution in [2.75, 3.05) is 19.7 Å². The van der Waals surface area contributed by atoms with Crippen LogP contribution < -0.4 is 0 Å². The van der Waals surface area contributed by atoms with Crippen LogP contribution in [0.4, 0.5) is 0 Å². The number of esters is 2. The largest absolute Gasteiger partial charge is 0.462 e. The molecule has 5 atom stereocenters. The fraction of sp³-hybridized carbons (Fsp3) is 0.800. The highest BCUT2D eigenvalue weighted by Crippen LogP contribution is 2.22. The molecule has 1 aliphatic heterocycles. The Balaban J connectivity index is 2.62. The number of carbonyl (C=O) groups excluding carboxylic acids is 2. The van der Waals surface area contributed by atoms with Gasteiger partial charge in [-0.2, -0.15) is 0 Å². The first-order valence-corrected chi connectivity index (χ1v) is 6.47. The Bertz CT molecular complexity index is 430. The minimum atomic E-state index is -1.85. The van der Waals surface area contributed by atoms with Gasteiger partial charge in [0, 0.05) is 0 Å². The summed E-state index contributed by atoms with van der Waals surface area (Å²) in [6.07, 6.45) is -8.60. The molecule has 1 saturated heterocycles. The van der Waals surface area contributed by atoms with E-state index < -0.39 is 72.8 Å². The van der Waals surface area contributed by atoms with Crippen LogP contribution in [-0.2, 0) is 23.8 Å². The van der Waals surface area contributed by atoms with Gasteiger partial charge in [-0.1, -0.05) is 10.5 Å². The van der Waals surface area contributed by atoms with Crippen molar-refractivity contribution in [2.24, 2.45) is 0 Å². The number of nitrogens with zero attached hydrogens (tertiary/aromatic N) is 2. The number of hydrogen-bond acceptors (Lipinski definition) is 14. The average Bonchev–Trinajstić information content (AvgIpc) is 2.45. The normalized spacial score (nSPS) is 30.5. The third-order valence-electron chi connectivity index (χ3n) is 2.87. The Hall–Kier alpha value is -1.46. The first kappa shape index (κ1) is 20.6. The highest BCUT2D eigenvalue weighted by Gasteiger charge is 2.46. The summed E-state index contributed by atoms with van der Waals surface area (Å²) in [6.45, 7) is -2.57. The van der Waals surface area contributed by atoms with Crippen LogP contribution in [-0.4, -0.2) is 109 Å². The van der Waals surface area contributed by atoms with E-state index in [1.165, 1.54) is 0 Å². The standard InChI is InChI=1S/C10H18N2O12/c13-5(1-11(18)19)22-3-4-7(15)8(16)9(17)10(23-4)24-6(14)2-12(20)21/h4,7-10,15-21H,1-3H2. The fourth-order valence-electron chi connectivity index (χ4n) is 1.77. The zero-order chi connectivity index (χ0) is 18.4. The highest BCUT2D eigenvalue weighted by molar-refractivity contribution is 5.71. The molecule has 0 aliphatic carbocycles. The summed E-state index contributed by atoms with van der Waals surface area (Å²) in [5.41, 5.74) is 0. The van der Waals surface area contributed by atoms with E-state index in [-0.39, 0.29) is 0 Å². The molecular weight excluding hydrogens is 340 g/mol. The third-order valence-corrected chi connectivity index (χ3v) is 2.87. The Labute approximate surface area is 134 Å². The van der Waals surface area contributed by atoms with Gasteiger partial charge in [-0.05, 0) is 0 Å². The van der Waals surface area contributed by atoms with Crippen molar-refractivity contribution in [1.82, 2.24) is 10.5 Å². The van der Waals surface area contributed by atoms with E-state index in [2.05, 4.69) is 9.47 Å². The van der Waals surface area contributed by atoms with Gasteiger partial charge in [0.15, 0.2) is 0 Å². The lowest BCUT2D eigenvalue weighted by molar-refractivity contribution is -0.318. The van der Waals surface area contributed by atoms with Crippen LogP contribution in [0.25, 0.3) is 0 Å². The van der Waals surface area contributed by atoms with Gasteiger partial charge in [0.1, 0.15) is 44.1 Å². The maximum atomic E-state index is 11.3. The second-order valence-electron chi connectivity index (χ2n) is 4.75. The van der Waals surface area contributed by atoms with E-state index in [1.54, 1.807) is 0 Å². The Morgan fingerprint density at radius 2 is 1.42 bits per heavy atom. The van der Waals surface area contributed by atoms with Crippen molar-refractivity contribution < 1.29 is 59.9 Å². The maximum Gasteiger partial charge on any atom is 0.327 e. The van der Waals surface area contributed by atoms with E-state index in [1.807, 2.05) is 0 Å². The summed E-state index contributed by atoms with van der Waals surface area (Å²) >= 11 is 0. The van der Waals surface area contributed by atoms with Crippen molar-refractivity contribution in [1.29, 1.82) is 0 Å². The molecule has 140 valence electrons. The first-order valence-electron chi connectivity index (χ1n) is 6.47. The smallest absolute Gasteiger partial charge is 0.327 e. The minimum absolute atomic E-state index is 0.445. The van der Waals surface area contributed by atoms with Gasteiger partial charge >= 0.3 is 11.9 Å². The lowest BCUT2D eigenvalue weighted by Crippen LogP contribution is -2.60. The molecule has 1 aliphatic rings. The van der Waals surface area contributed by atoms with Crippen LogP contribution >= 0.6 is 0 Å². The number of carbonyl (C=O) groups is 2. The molecule has 5 unspecified atom stereocenters. The molecule has 0 aromatic heterocycles. The van der Waals surface area contributed by atoms with E-state index in [9.17, 15) is 24.9 Å². The average molecular weight is 358 g/mol. The second kappa shape index (κ2) is 9.14. The van der Waals surface area contributed by atoms with Crippen LogP contribution in [0.5, 0.6) is 0 Å². The summed E-state index contributed by atoms with van der Waals surface area (Å²) in [4.78, 5) is 22.4. The van der Waals surface area contributed by atoms with Crippen molar-refractivity contribution >= 4 is 11.9 Å². The molecule has 0 aromatic carbocycles. The van der Waals surface area contributed by atoms with Crippen LogP contribution in [0.1, 0.15) is 0 Å². The van der Waals surface area contributed by atoms with E-state index in [0.717, 1.165) is 0 Å². The molecular formula is C10H18N2O12. The quantitative estimate of drug-likeness (QED) is 0.171. The predicted octanol–water partition coefficient (Wildman–Crippen LogP) is -3.96. The zero-order valence-electron chi connectivity index (χ0n) is 12.1. The monoisotopic (exact) mass is 358 g/mol. The number of rotatable bonds is 7. The zero-order valence-corrected chi connectivity index (χ0v) is 12.1. The molecule has 24 heavy (non-hydrogen) atoms. The van der Waals surface area contributed by atoms with Crippen LogP contribution in [0.3, 0.4) is 0 Å². The van der Waals surface area contributed by atoms with Gasteiger partial charge in [-0.3, -0.25) is 30.4 Å². The number of aliphatic hydroxyl groups excluding tert-OH is 3. The third kappa shape index (κ3) is 6.21. The summed E-state index contributed by atoms with van der Waals surface area (Å²) < 4.78 is 14.1. The molecule has 1 heterocycles. The number of hydrogen-bond donors (Lipinski definition) is 7. The van der Waals surface area contributed by atoms with Crippen LogP contribution in [0, 0.1) is 0 Å². The molecule has 0 amide bonds. The molecule has 0 aromatic rings. The van der Waals surface area contributed by atoms with Gasteiger partial charge in [-0.25, -0.2) is 0 Å². The summed E-state index contributed by atoms with van der Waals surface area (Å²) in [7, 11) is 0. The lowest BCUT2D eigenvalue weighted by Gasteiger charge is -2.39. The molecule has 0 bridgehead atoms. The van der Waals surface area contributed by atoms with Gasteiger partial charge in [0.05, 0.1) is 0 Å². The molecule has 14 nitrogen and oxygen atoms in total. The van der Waals surface area contributed by atoms with Crippen molar-refractivity contribution in [3.63, 3.8) is 0 Å². The molecule has 0 radical (unpaired) electrons. The maximum absolute atomic E-state index is 11.3. The first-order chi connectivity index (χ1) is 11.1. The Kier molecular flexibility index (Phi) is 7.84. The molecule has 1 rings (SSSR count). The topological polar surface area (TPSA) is 210 Å². The molecule has 1 fully saturated rings. The number of aliphatic hydroxyl groups is 3. The minimum Gasteiger partial charge on any atom is -0.462 e. The number of ether oxygens (including phenoxy) is 3. The van der Waals surface area contributed by atoms with Crippen molar-refractivity contribution in [3.8, 4) is 0 Å². The Morgan fingerprint density at radius 3 is 1.96 bits per heavy atom. The lowest BCUT2D eigenvalue weighted by atomic mass is 9.99. The van der Waals surface area contributed by atoms with Crippen LogP contribution in [0.15, 0.2) is 0 Å². The number of hydroxylamine groups is 4. The molecule has 7 N–H and O–H groups in total. The Morgan fingerprint density at radius 1 is 0.875 bits per heavy atom. The summed E-state index contributed by atoms with van der Waals surface area (Å²) in [6, 6.07) is 0. The predicted molar refractivity (Wildman–Crippen MR) is 64.3 cm³/mol. The molecule has 0 saturated carbocycles. The van der Waals surface area contributed by atoms with Crippen LogP contribution in [0.2, 0.25) is 0 Å². The van der Waals surface area contributed by atoms with E-state index in [0.29, 0.717) is 0 Å². The van der Waals surface area contributed by atoms with Gasteiger partial charge < -0.3 is 29.5 Å². The van der Waals surface area contributed by atoms with Gasteiger partial charge in [0.25, 0.3) is 0 Å².